The molecule has 0 fully saturated rings. The fourth-order valence-corrected chi connectivity index (χ4v) is 1.70. The Balaban J connectivity index is 0.00000361. The molecule has 1 unspecified atom stereocenters. The molecule has 2 N–H and O–H groups in total. The van der Waals surface area contributed by atoms with Crippen LogP contribution in [0.4, 0.5) is 0 Å². The Morgan fingerprint density at radius 3 is 2.65 bits per heavy atom. The van der Waals surface area contributed by atoms with E-state index in [1.54, 1.807) is 19.2 Å². The third-order valence-electron chi connectivity index (χ3n) is 2.67. The predicted octanol–water partition coefficient (Wildman–Crippen LogP) is 1.57. The quantitative estimate of drug-likeness (QED) is 0.827. The van der Waals surface area contributed by atoms with E-state index in [2.05, 4.69) is 0 Å². The fraction of sp³-hybridized carbons (Fsp3) is 0.462. The van der Waals surface area contributed by atoms with Crippen molar-refractivity contribution in [3.8, 4) is 5.75 Å². The van der Waals surface area contributed by atoms with Gasteiger partial charge in [-0.3, -0.25) is 4.79 Å². The molecule has 0 saturated carbocycles. The number of methoxy groups -OCH3 is 1. The number of rotatable bonds is 7. The molecule has 7 heteroatoms. The summed E-state index contributed by atoms with van der Waals surface area (Å²) in [6, 6.07) is 7.20. The van der Waals surface area contributed by atoms with Crippen LogP contribution in [0.3, 0.4) is 0 Å². The van der Waals surface area contributed by atoms with E-state index in [0.29, 0.717) is 23.9 Å². The number of hydrogen-bond donors (Lipinski definition) is 1. The van der Waals surface area contributed by atoms with Crippen molar-refractivity contribution in [2.45, 2.75) is 6.10 Å². The van der Waals surface area contributed by atoms with Crippen molar-refractivity contribution >= 4 is 29.9 Å². The number of nitrogens with zero attached hydrogens (tertiary/aromatic N) is 1. The fourth-order valence-electron chi connectivity index (χ4n) is 1.51. The van der Waals surface area contributed by atoms with Crippen LogP contribution in [-0.2, 0) is 9.53 Å². The summed E-state index contributed by atoms with van der Waals surface area (Å²) >= 11 is 5.96. The summed E-state index contributed by atoms with van der Waals surface area (Å²) in [5.41, 5.74) is 5.44. The van der Waals surface area contributed by atoms with Crippen LogP contribution < -0.4 is 10.5 Å². The van der Waals surface area contributed by atoms with E-state index in [9.17, 15) is 4.79 Å². The zero-order valence-electron chi connectivity index (χ0n) is 11.5. The second kappa shape index (κ2) is 9.83. The molecule has 0 aliphatic rings. The molecular formula is C13H20Cl2N2O3. The average Bonchev–Trinajstić information content (AvgIpc) is 2.42. The Morgan fingerprint density at radius 1 is 1.45 bits per heavy atom. The SMILES string of the molecule is COC(CN)C(=O)N(C)CCOc1ccccc1Cl.Cl. The van der Waals surface area contributed by atoms with Crippen molar-refractivity contribution in [1.29, 1.82) is 0 Å². The number of carbonyl (C=O) groups is 1. The second-order valence-corrected chi connectivity index (χ2v) is 4.41. The van der Waals surface area contributed by atoms with Crippen molar-refractivity contribution in [1.82, 2.24) is 4.90 Å². The van der Waals surface area contributed by atoms with Gasteiger partial charge in [0.15, 0.2) is 0 Å². The van der Waals surface area contributed by atoms with E-state index in [-0.39, 0.29) is 24.9 Å². The van der Waals surface area contributed by atoms with Gasteiger partial charge in [-0.15, -0.1) is 12.4 Å². The number of halogens is 2. The zero-order chi connectivity index (χ0) is 14.3. The van der Waals surface area contributed by atoms with Crippen LogP contribution in [0.2, 0.25) is 5.02 Å². The van der Waals surface area contributed by atoms with Gasteiger partial charge in [0.25, 0.3) is 5.91 Å². The molecule has 0 aromatic heterocycles. The van der Waals surface area contributed by atoms with Gasteiger partial charge >= 0.3 is 0 Å². The Bertz CT molecular complexity index is 414. The summed E-state index contributed by atoms with van der Waals surface area (Å²) in [5, 5.41) is 0.549. The van der Waals surface area contributed by atoms with Crippen LogP contribution in [0.5, 0.6) is 5.75 Å². The molecule has 0 radical (unpaired) electrons. The summed E-state index contributed by atoms with van der Waals surface area (Å²) in [4.78, 5) is 13.4. The van der Waals surface area contributed by atoms with Crippen molar-refractivity contribution in [3.63, 3.8) is 0 Å². The van der Waals surface area contributed by atoms with Gasteiger partial charge in [-0.2, -0.15) is 0 Å². The second-order valence-electron chi connectivity index (χ2n) is 4.00. The lowest BCUT2D eigenvalue weighted by Gasteiger charge is -2.22. The van der Waals surface area contributed by atoms with Crippen molar-refractivity contribution in [3.05, 3.63) is 29.3 Å². The zero-order valence-corrected chi connectivity index (χ0v) is 13.1. The summed E-state index contributed by atoms with van der Waals surface area (Å²) in [5.74, 6) is 0.444. The molecule has 0 bridgehead atoms. The van der Waals surface area contributed by atoms with E-state index < -0.39 is 6.10 Å². The molecule has 1 atom stereocenters. The van der Waals surface area contributed by atoms with E-state index in [1.807, 2.05) is 12.1 Å². The lowest BCUT2D eigenvalue weighted by Crippen LogP contribution is -2.43. The van der Waals surface area contributed by atoms with E-state index in [1.165, 1.54) is 12.0 Å². The maximum atomic E-state index is 11.9. The van der Waals surface area contributed by atoms with Gasteiger partial charge in [0.05, 0.1) is 11.6 Å². The van der Waals surface area contributed by atoms with Gasteiger partial charge < -0.3 is 20.1 Å². The molecule has 1 rings (SSSR count). The minimum Gasteiger partial charge on any atom is -0.490 e. The molecule has 1 amide bonds. The summed E-state index contributed by atoms with van der Waals surface area (Å²) < 4.78 is 10.5. The van der Waals surface area contributed by atoms with Crippen molar-refractivity contribution < 1.29 is 14.3 Å². The van der Waals surface area contributed by atoms with Crippen LogP contribution in [0, 0.1) is 0 Å². The highest BCUT2D eigenvalue weighted by Crippen LogP contribution is 2.22. The number of benzene rings is 1. The molecule has 5 nitrogen and oxygen atoms in total. The average molecular weight is 323 g/mol. The summed E-state index contributed by atoms with van der Waals surface area (Å²) in [6.07, 6.45) is -0.606. The highest BCUT2D eigenvalue weighted by atomic mass is 35.5. The summed E-state index contributed by atoms with van der Waals surface area (Å²) in [6.45, 7) is 0.946. The maximum Gasteiger partial charge on any atom is 0.252 e. The first-order chi connectivity index (χ1) is 9.10. The summed E-state index contributed by atoms with van der Waals surface area (Å²) in [7, 11) is 3.14. The molecule has 0 saturated heterocycles. The van der Waals surface area contributed by atoms with Crippen molar-refractivity contribution in [2.24, 2.45) is 5.73 Å². The van der Waals surface area contributed by atoms with Gasteiger partial charge in [0.1, 0.15) is 18.5 Å². The number of nitrogens with two attached hydrogens (primary N) is 1. The van der Waals surface area contributed by atoms with Gasteiger partial charge in [-0.05, 0) is 12.1 Å². The molecule has 0 spiro atoms. The molecular weight excluding hydrogens is 303 g/mol. The standard InChI is InChI=1S/C13H19ClN2O3.ClH/c1-16(13(17)12(9-15)18-2)7-8-19-11-6-4-3-5-10(11)14;/h3-6,12H,7-9,15H2,1-2H3;1H. The first-order valence-electron chi connectivity index (χ1n) is 5.95. The number of ether oxygens (including phenoxy) is 2. The molecule has 0 aliphatic heterocycles. The lowest BCUT2D eigenvalue weighted by atomic mass is 10.3. The van der Waals surface area contributed by atoms with Gasteiger partial charge in [-0.25, -0.2) is 0 Å². The monoisotopic (exact) mass is 322 g/mol. The normalized spacial score (nSPS) is 11.4. The third kappa shape index (κ3) is 5.54. The number of likely N-dealkylation sites (N-methyl/N-ethyl adjacent to an activating group) is 1. The third-order valence-corrected chi connectivity index (χ3v) is 2.98. The largest absolute Gasteiger partial charge is 0.490 e. The van der Waals surface area contributed by atoms with Crippen LogP contribution >= 0.6 is 24.0 Å². The number of hydrogen-bond acceptors (Lipinski definition) is 4. The number of amides is 1. The predicted molar refractivity (Wildman–Crippen MR) is 81.7 cm³/mol. The molecule has 20 heavy (non-hydrogen) atoms. The van der Waals surface area contributed by atoms with Gasteiger partial charge in [0.2, 0.25) is 0 Å². The lowest BCUT2D eigenvalue weighted by molar-refractivity contribution is -0.140. The Kier molecular flexibility index (Phi) is 9.33. The van der Waals surface area contributed by atoms with E-state index in [4.69, 9.17) is 26.8 Å². The first-order valence-corrected chi connectivity index (χ1v) is 6.33. The van der Waals surface area contributed by atoms with Gasteiger partial charge in [-0.1, -0.05) is 23.7 Å². The van der Waals surface area contributed by atoms with Crippen LogP contribution in [0.1, 0.15) is 0 Å². The van der Waals surface area contributed by atoms with Crippen LogP contribution in [-0.4, -0.2) is 50.8 Å². The Labute approximate surface area is 130 Å². The molecule has 114 valence electrons. The van der Waals surface area contributed by atoms with Crippen LogP contribution in [0.25, 0.3) is 0 Å². The minimum absolute atomic E-state index is 0. The minimum atomic E-state index is -0.606. The first kappa shape index (κ1) is 19.0. The smallest absolute Gasteiger partial charge is 0.252 e. The topological polar surface area (TPSA) is 64.8 Å². The van der Waals surface area contributed by atoms with E-state index in [0.717, 1.165) is 0 Å². The number of carbonyl (C=O) groups excluding carboxylic acids is 1. The van der Waals surface area contributed by atoms with Crippen molar-refractivity contribution in [2.75, 3.05) is 33.9 Å². The maximum absolute atomic E-state index is 11.9. The highest BCUT2D eigenvalue weighted by Gasteiger charge is 2.19. The van der Waals surface area contributed by atoms with Gasteiger partial charge in [0, 0.05) is 20.7 Å². The Morgan fingerprint density at radius 2 is 2.10 bits per heavy atom. The number of para-hydroxylation sites is 1. The van der Waals surface area contributed by atoms with E-state index >= 15 is 0 Å². The highest BCUT2D eigenvalue weighted by molar-refractivity contribution is 6.32. The molecule has 1 aromatic carbocycles. The molecule has 0 aliphatic carbocycles. The molecule has 0 heterocycles. The Hall–Kier alpha value is -1.01. The van der Waals surface area contributed by atoms with Crippen LogP contribution in [0.15, 0.2) is 24.3 Å². The molecule has 1 aromatic rings.